The van der Waals surface area contributed by atoms with E-state index in [9.17, 15) is 10.2 Å². The molecule has 0 bridgehead atoms. The number of aliphatic hydroxyl groups is 2. The van der Waals surface area contributed by atoms with Crippen molar-refractivity contribution >= 4 is 67.5 Å². The van der Waals surface area contributed by atoms with Crippen LogP contribution in [0, 0.1) is 5.41 Å². The average Bonchev–Trinajstić information content (AvgIpc) is 2.93. The highest BCUT2D eigenvalue weighted by Gasteiger charge is 2.44. The summed E-state index contributed by atoms with van der Waals surface area (Å²) in [5.74, 6) is 0. The summed E-state index contributed by atoms with van der Waals surface area (Å²) in [5.41, 5.74) is -0.840. The van der Waals surface area contributed by atoms with Gasteiger partial charge in [0.15, 0.2) is 33.3 Å². The molecule has 0 aromatic carbocycles. The zero-order valence-electron chi connectivity index (χ0n) is 38.0. The second-order valence-electron chi connectivity index (χ2n) is 19.6. The first kappa shape index (κ1) is 54.3. The summed E-state index contributed by atoms with van der Waals surface area (Å²) in [4.78, 5) is 0. The summed E-state index contributed by atoms with van der Waals surface area (Å²) >= 11 is 0. The van der Waals surface area contributed by atoms with Gasteiger partial charge in [0.05, 0.1) is 31.8 Å². The van der Waals surface area contributed by atoms with Crippen LogP contribution in [0.3, 0.4) is 0 Å². The van der Waals surface area contributed by atoms with E-state index in [-0.39, 0.29) is 26.4 Å². The van der Waals surface area contributed by atoms with Crippen LogP contribution < -0.4 is 0 Å². The molecule has 0 saturated heterocycles. The summed E-state index contributed by atoms with van der Waals surface area (Å²) < 4.78 is 52.4. The van der Waals surface area contributed by atoms with Gasteiger partial charge in [-0.3, -0.25) is 0 Å². The smallest absolute Gasteiger partial charge is 0.312 e. The molecule has 0 amide bonds. The Hall–Kier alpha value is 1.34. The van der Waals surface area contributed by atoms with Crippen molar-refractivity contribution in [3.63, 3.8) is 0 Å². The fraction of sp³-hybridized carbons (Fsp3) is 1.00. The summed E-state index contributed by atoms with van der Waals surface area (Å²) in [5, 5.41) is 20.5. The monoisotopic (exact) mass is 892 g/mol. The molecular weight excluding hydrogens is 805 g/mol. The van der Waals surface area contributed by atoms with Gasteiger partial charge in [-0.2, -0.15) is 0 Å². The Morgan fingerprint density at radius 2 is 0.623 bits per heavy atom. The van der Waals surface area contributed by atoms with Crippen molar-refractivity contribution in [2.45, 2.75) is 181 Å². The van der Waals surface area contributed by atoms with Crippen LogP contribution in [0.2, 0.25) is 129 Å². The fourth-order valence-electron chi connectivity index (χ4n) is 7.39. The normalized spacial score (nSPS) is 14.7. The average molecular weight is 894 g/mol. The fourth-order valence-corrected chi connectivity index (χ4v) is 46.4. The largest absolute Gasteiger partial charge is 0.436 e. The number of hydrogen-bond acceptors (Lipinski definition) is 10. The lowest BCUT2D eigenvalue weighted by Crippen LogP contribution is -2.56. The molecule has 2 N–H and O–H groups in total. The van der Waals surface area contributed by atoms with E-state index in [4.69, 9.17) is 34.2 Å². The molecule has 0 saturated carbocycles. The Morgan fingerprint density at radius 3 is 0.849 bits per heavy atom. The van der Waals surface area contributed by atoms with Crippen molar-refractivity contribution in [2.75, 3.05) is 39.6 Å². The van der Waals surface area contributed by atoms with Gasteiger partial charge in [0.2, 0.25) is 0 Å². The molecule has 0 radical (unpaired) electrons. The number of hydrogen-bond donors (Lipinski definition) is 2. The molecule has 0 atom stereocenters. The van der Waals surface area contributed by atoms with Gasteiger partial charge in [-0.1, -0.05) is 39.5 Å². The van der Waals surface area contributed by atoms with Crippen molar-refractivity contribution in [3.05, 3.63) is 0 Å². The summed E-state index contributed by atoms with van der Waals surface area (Å²) in [6, 6.07) is 4.19. The van der Waals surface area contributed by atoms with Crippen LogP contribution in [-0.2, 0) is 34.2 Å². The number of unbranched alkanes of at least 4 members (excludes halogenated alkanes) is 2. The Balaban J connectivity index is 4.81. The molecule has 0 spiro atoms. The van der Waals surface area contributed by atoms with Crippen LogP contribution in [-0.4, -0.2) is 117 Å². The Bertz CT molecular complexity index is 935. The van der Waals surface area contributed by atoms with Crippen LogP contribution in [0.25, 0.3) is 0 Å². The molecule has 0 unspecified atom stereocenters. The minimum Gasteiger partial charge on any atom is -0.436 e. The van der Waals surface area contributed by atoms with Crippen LogP contribution in [0.5, 0.6) is 0 Å². The first-order valence-electron chi connectivity index (χ1n) is 20.5. The Labute approximate surface area is 336 Å². The molecule has 0 fully saturated rings. The van der Waals surface area contributed by atoms with Gasteiger partial charge in [0.25, 0.3) is 0 Å². The molecule has 0 aliphatic rings. The third-order valence-corrected chi connectivity index (χ3v) is 39.8. The first-order valence-corrected chi connectivity index (χ1v) is 44.2. The third-order valence-electron chi connectivity index (χ3n) is 8.96. The number of ether oxygens (including phenoxy) is 2. The SMILES string of the molecule is CCCC[Si](C)(C)O[Si](C)(C)O[Si](C)(C)O[Si](C)(C)CCCOCC(CO)(CO)COCCC[Si](C)(C)O[Si](C)(C)O[Si](C)(C)O[Si](C)(C)CCCC. The van der Waals surface area contributed by atoms with Crippen molar-refractivity contribution < 1.29 is 44.4 Å². The highest BCUT2D eigenvalue weighted by atomic mass is 28.5. The molecule has 0 aromatic heterocycles. The van der Waals surface area contributed by atoms with Crippen molar-refractivity contribution in [1.29, 1.82) is 0 Å². The van der Waals surface area contributed by atoms with Crippen LogP contribution in [0.1, 0.15) is 52.4 Å². The standard InChI is InChI=1S/C35H88O10Si8/c1-19-21-27-46(3,4)40-50(11,12)44-52(15,16)42-48(7,8)29-23-25-38-33-35(31-36,32-37)34-39-26-24-30-49(9,10)43-53(17,18)45-51(13,14)41-47(5,6)28-22-20-2/h36-37H,19-34H2,1-18H3. The maximum absolute atomic E-state index is 10.2. The molecule has 320 valence electrons. The van der Waals surface area contributed by atoms with E-state index >= 15 is 0 Å². The lowest BCUT2D eigenvalue weighted by Gasteiger charge is -2.41. The van der Waals surface area contributed by atoms with Crippen LogP contribution in [0.4, 0.5) is 0 Å². The van der Waals surface area contributed by atoms with Gasteiger partial charge in [-0.05, 0) is 142 Å². The van der Waals surface area contributed by atoms with E-state index in [0.29, 0.717) is 13.2 Å². The van der Waals surface area contributed by atoms with Crippen molar-refractivity contribution in [3.8, 4) is 0 Å². The van der Waals surface area contributed by atoms with Gasteiger partial charge >= 0.3 is 34.2 Å². The Morgan fingerprint density at radius 1 is 0.377 bits per heavy atom. The topological polar surface area (TPSA) is 114 Å². The predicted octanol–water partition coefficient (Wildman–Crippen LogP) is 10.1. The lowest BCUT2D eigenvalue weighted by molar-refractivity contribution is -0.0767. The summed E-state index contributed by atoms with van der Waals surface area (Å²) in [6.45, 7) is 41.1. The number of aliphatic hydroxyl groups excluding tert-OH is 2. The minimum atomic E-state index is -2.40. The zero-order chi connectivity index (χ0) is 41.5. The van der Waals surface area contributed by atoms with Gasteiger partial charge in [-0.15, -0.1) is 0 Å². The summed E-state index contributed by atoms with van der Waals surface area (Å²) in [6.07, 6.45) is 6.48. The molecule has 18 heteroatoms. The highest BCUT2D eigenvalue weighted by Crippen LogP contribution is 2.30. The summed E-state index contributed by atoms with van der Waals surface area (Å²) in [7, 11) is -17.0. The first-order chi connectivity index (χ1) is 23.9. The van der Waals surface area contributed by atoms with Gasteiger partial charge in [0.1, 0.15) is 0 Å². The maximum atomic E-state index is 10.2. The molecule has 0 aliphatic heterocycles. The van der Waals surface area contributed by atoms with E-state index < -0.39 is 72.9 Å². The highest BCUT2D eigenvalue weighted by molar-refractivity contribution is 6.90. The van der Waals surface area contributed by atoms with Crippen LogP contribution >= 0.6 is 0 Å². The minimum absolute atomic E-state index is 0.204. The Kier molecular flexibility index (Phi) is 23.8. The lowest BCUT2D eigenvalue weighted by atomic mass is 9.92. The second-order valence-corrected chi connectivity index (χ2v) is 51.8. The van der Waals surface area contributed by atoms with Gasteiger partial charge in [0, 0.05) is 13.2 Å². The zero-order valence-corrected chi connectivity index (χ0v) is 46.0. The van der Waals surface area contributed by atoms with Crippen molar-refractivity contribution in [1.82, 2.24) is 0 Å². The van der Waals surface area contributed by atoms with E-state index in [2.05, 4.69) is 119 Å². The third kappa shape index (κ3) is 26.1. The molecule has 0 aliphatic carbocycles. The molecule has 10 nitrogen and oxygen atoms in total. The van der Waals surface area contributed by atoms with Gasteiger partial charge in [-0.25, -0.2) is 0 Å². The molecular formula is C35H88O10Si8. The van der Waals surface area contributed by atoms with E-state index in [1.54, 1.807) is 0 Å². The molecule has 0 rings (SSSR count). The molecule has 53 heavy (non-hydrogen) atoms. The van der Waals surface area contributed by atoms with E-state index in [1.807, 2.05) is 0 Å². The van der Waals surface area contributed by atoms with Gasteiger partial charge < -0.3 is 44.4 Å². The van der Waals surface area contributed by atoms with Crippen molar-refractivity contribution in [2.24, 2.45) is 5.41 Å². The van der Waals surface area contributed by atoms with Crippen LogP contribution in [0.15, 0.2) is 0 Å². The second kappa shape index (κ2) is 23.2. The van der Waals surface area contributed by atoms with E-state index in [1.165, 1.54) is 25.7 Å². The quantitative estimate of drug-likeness (QED) is 0.0500. The predicted molar refractivity (Wildman–Crippen MR) is 243 cm³/mol. The molecule has 0 heterocycles. The van der Waals surface area contributed by atoms with E-state index in [0.717, 1.165) is 37.0 Å². The number of rotatable bonds is 32. The molecule has 0 aromatic rings. The maximum Gasteiger partial charge on any atom is 0.312 e.